The molecular weight excluding hydrogens is 320 g/mol. The number of amides is 1. The molecule has 1 saturated carbocycles. The first-order chi connectivity index (χ1) is 12.2. The van der Waals surface area contributed by atoms with Gasteiger partial charge in [0.2, 0.25) is 5.76 Å². The van der Waals surface area contributed by atoms with Crippen molar-refractivity contribution in [1.82, 2.24) is 19.6 Å². The highest BCUT2D eigenvalue weighted by molar-refractivity contribution is 5.91. The lowest BCUT2D eigenvalue weighted by Crippen LogP contribution is -2.35. The lowest BCUT2D eigenvalue weighted by molar-refractivity contribution is 0.0337. The molecule has 0 saturated heterocycles. The minimum Gasteiger partial charge on any atom is -0.381 e. The van der Waals surface area contributed by atoms with Gasteiger partial charge in [0.25, 0.3) is 5.91 Å². The van der Waals surface area contributed by atoms with Crippen LogP contribution in [-0.4, -0.2) is 45.3 Å². The van der Waals surface area contributed by atoms with E-state index in [0.717, 1.165) is 24.8 Å². The van der Waals surface area contributed by atoms with Crippen LogP contribution in [0.15, 0.2) is 23.1 Å². The molecule has 0 aromatic carbocycles. The fourth-order valence-corrected chi connectivity index (χ4v) is 3.49. The summed E-state index contributed by atoms with van der Waals surface area (Å²) in [5.41, 5.74) is 1.75. The molecule has 1 aliphatic heterocycles. The molecule has 25 heavy (non-hydrogen) atoms. The van der Waals surface area contributed by atoms with Crippen LogP contribution in [0.5, 0.6) is 0 Å². The standard InChI is InChI=1S/C18H24N4O3/c1-13-5-17(25-20-13)18(23)21-7-15(11-24-10-14-3-2-4-14)8-22-12-19-6-16(22)9-21/h5-6,12,14-15H,2-4,7-11H2,1H3/t15-/m0/s1. The van der Waals surface area contributed by atoms with Gasteiger partial charge in [-0.2, -0.15) is 0 Å². The molecule has 3 heterocycles. The molecule has 134 valence electrons. The van der Waals surface area contributed by atoms with Crippen LogP contribution in [-0.2, 0) is 17.8 Å². The van der Waals surface area contributed by atoms with Gasteiger partial charge in [-0.1, -0.05) is 11.6 Å². The SMILES string of the molecule is Cc1cc(C(=O)N2Cc3cncn3C[C@@H](COCC3CCC3)C2)on1. The Labute approximate surface area is 146 Å². The number of imidazole rings is 1. The first-order valence-corrected chi connectivity index (χ1v) is 8.98. The van der Waals surface area contributed by atoms with E-state index in [1.165, 1.54) is 19.3 Å². The molecule has 7 nitrogen and oxygen atoms in total. The molecule has 7 heteroatoms. The maximum Gasteiger partial charge on any atom is 0.292 e. The third-order valence-electron chi connectivity index (χ3n) is 5.14. The van der Waals surface area contributed by atoms with Crippen LogP contribution in [0.4, 0.5) is 0 Å². The maximum absolute atomic E-state index is 12.8. The second-order valence-corrected chi connectivity index (χ2v) is 7.26. The molecule has 1 fully saturated rings. The summed E-state index contributed by atoms with van der Waals surface area (Å²) in [6, 6.07) is 1.69. The van der Waals surface area contributed by atoms with Crippen LogP contribution >= 0.6 is 0 Å². The predicted molar refractivity (Wildman–Crippen MR) is 89.9 cm³/mol. The number of carbonyl (C=O) groups is 1. The topological polar surface area (TPSA) is 73.4 Å². The summed E-state index contributed by atoms with van der Waals surface area (Å²) in [5.74, 6) is 1.13. The molecular formula is C18H24N4O3. The largest absolute Gasteiger partial charge is 0.381 e. The lowest BCUT2D eigenvalue weighted by atomic mass is 9.86. The van der Waals surface area contributed by atoms with E-state index in [-0.39, 0.29) is 11.8 Å². The summed E-state index contributed by atoms with van der Waals surface area (Å²) < 4.78 is 13.2. The lowest BCUT2D eigenvalue weighted by Gasteiger charge is -2.27. The molecule has 0 unspecified atom stereocenters. The molecule has 0 N–H and O–H groups in total. The minimum absolute atomic E-state index is 0.126. The van der Waals surface area contributed by atoms with E-state index in [1.54, 1.807) is 6.07 Å². The Morgan fingerprint density at radius 3 is 2.88 bits per heavy atom. The monoisotopic (exact) mass is 344 g/mol. The van der Waals surface area contributed by atoms with E-state index in [9.17, 15) is 4.79 Å². The van der Waals surface area contributed by atoms with Crippen molar-refractivity contribution in [2.24, 2.45) is 11.8 Å². The summed E-state index contributed by atoms with van der Waals surface area (Å²) in [6.45, 7) is 5.30. The van der Waals surface area contributed by atoms with Crippen LogP contribution in [0, 0.1) is 18.8 Å². The second kappa shape index (κ2) is 7.00. The first-order valence-electron chi connectivity index (χ1n) is 8.98. The van der Waals surface area contributed by atoms with Crippen molar-refractivity contribution in [2.45, 2.75) is 39.3 Å². The van der Waals surface area contributed by atoms with Crippen molar-refractivity contribution in [3.05, 3.63) is 35.7 Å². The zero-order valence-electron chi connectivity index (χ0n) is 14.6. The molecule has 4 rings (SSSR count). The average Bonchev–Trinajstić information content (AvgIpc) is 3.14. The Morgan fingerprint density at radius 1 is 1.32 bits per heavy atom. The van der Waals surface area contributed by atoms with Crippen molar-refractivity contribution in [3.63, 3.8) is 0 Å². The predicted octanol–water partition coefficient (Wildman–Crippen LogP) is 2.27. The normalized spacial score (nSPS) is 20.8. The van der Waals surface area contributed by atoms with Crippen molar-refractivity contribution in [3.8, 4) is 0 Å². The fourth-order valence-electron chi connectivity index (χ4n) is 3.49. The summed E-state index contributed by atoms with van der Waals surface area (Å²) in [7, 11) is 0. The smallest absolute Gasteiger partial charge is 0.292 e. The molecule has 2 aliphatic rings. The Morgan fingerprint density at radius 2 is 2.16 bits per heavy atom. The van der Waals surface area contributed by atoms with E-state index >= 15 is 0 Å². The molecule has 0 bridgehead atoms. The van der Waals surface area contributed by atoms with E-state index in [0.29, 0.717) is 31.2 Å². The number of nitrogens with zero attached hydrogens (tertiary/aromatic N) is 4. The summed E-state index contributed by atoms with van der Waals surface area (Å²) >= 11 is 0. The number of fused-ring (bicyclic) bond motifs is 1. The van der Waals surface area contributed by atoms with Gasteiger partial charge in [0.1, 0.15) is 0 Å². The van der Waals surface area contributed by atoms with Gasteiger partial charge in [-0.15, -0.1) is 0 Å². The fraction of sp³-hybridized carbons (Fsp3) is 0.611. The highest BCUT2D eigenvalue weighted by atomic mass is 16.5. The quantitative estimate of drug-likeness (QED) is 0.832. The summed E-state index contributed by atoms with van der Waals surface area (Å²) in [5, 5.41) is 3.83. The number of hydrogen-bond donors (Lipinski definition) is 0. The van der Waals surface area contributed by atoms with Gasteiger partial charge in [-0.3, -0.25) is 4.79 Å². The van der Waals surface area contributed by atoms with Crippen LogP contribution in [0.2, 0.25) is 0 Å². The van der Waals surface area contributed by atoms with Gasteiger partial charge in [0.15, 0.2) is 0 Å². The highest BCUT2D eigenvalue weighted by Gasteiger charge is 2.28. The van der Waals surface area contributed by atoms with Crippen LogP contribution in [0.3, 0.4) is 0 Å². The van der Waals surface area contributed by atoms with Crippen molar-refractivity contribution in [2.75, 3.05) is 19.8 Å². The van der Waals surface area contributed by atoms with E-state index in [2.05, 4.69) is 14.7 Å². The molecule has 1 aliphatic carbocycles. The van der Waals surface area contributed by atoms with Gasteiger partial charge < -0.3 is 18.7 Å². The number of ether oxygens (including phenoxy) is 1. The van der Waals surface area contributed by atoms with Gasteiger partial charge in [-0.05, 0) is 25.7 Å². The summed E-state index contributed by atoms with van der Waals surface area (Å²) in [6.07, 6.45) is 7.55. The Bertz CT molecular complexity index is 734. The molecule has 2 aromatic rings. The van der Waals surface area contributed by atoms with Crippen molar-refractivity contribution in [1.29, 1.82) is 0 Å². The molecule has 1 amide bonds. The first kappa shape index (κ1) is 16.3. The van der Waals surface area contributed by atoms with Gasteiger partial charge in [-0.25, -0.2) is 4.98 Å². The molecule has 2 aromatic heterocycles. The third kappa shape index (κ3) is 3.61. The van der Waals surface area contributed by atoms with Crippen LogP contribution in [0.1, 0.15) is 41.2 Å². The van der Waals surface area contributed by atoms with Crippen molar-refractivity contribution < 1.29 is 14.1 Å². The van der Waals surface area contributed by atoms with Gasteiger partial charge >= 0.3 is 0 Å². The molecule has 0 radical (unpaired) electrons. The highest BCUT2D eigenvalue weighted by Crippen LogP contribution is 2.27. The van der Waals surface area contributed by atoms with Crippen molar-refractivity contribution >= 4 is 5.91 Å². The zero-order valence-corrected chi connectivity index (χ0v) is 14.6. The minimum atomic E-state index is -0.126. The third-order valence-corrected chi connectivity index (χ3v) is 5.14. The number of rotatable bonds is 5. The Hall–Kier alpha value is -2.15. The number of carbonyl (C=O) groups excluding carboxylic acids is 1. The van der Waals surface area contributed by atoms with Gasteiger partial charge in [0, 0.05) is 37.9 Å². The zero-order chi connectivity index (χ0) is 17.2. The van der Waals surface area contributed by atoms with E-state index in [1.807, 2.05) is 24.3 Å². The molecule has 1 atom stereocenters. The number of aromatic nitrogens is 3. The maximum atomic E-state index is 12.8. The van der Waals surface area contributed by atoms with Crippen LogP contribution < -0.4 is 0 Å². The van der Waals surface area contributed by atoms with Crippen LogP contribution in [0.25, 0.3) is 0 Å². The molecule has 0 spiro atoms. The van der Waals surface area contributed by atoms with E-state index in [4.69, 9.17) is 9.26 Å². The Kier molecular flexibility index (Phi) is 4.57. The Balaban J connectivity index is 1.45. The second-order valence-electron chi connectivity index (χ2n) is 7.26. The number of hydrogen-bond acceptors (Lipinski definition) is 5. The summed E-state index contributed by atoms with van der Waals surface area (Å²) in [4.78, 5) is 18.8. The van der Waals surface area contributed by atoms with Gasteiger partial charge in [0.05, 0.1) is 30.9 Å². The average molecular weight is 344 g/mol. The van der Waals surface area contributed by atoms with E-state index < -0.39 is 0 Å². The number of aryl methyl sites for hydroxylation is 1.